The van der Waals surface area contributed by atoms with Gasteiger partial charge in [-0.25, -0.2) is 0 Å². The van der Waals surface area contributed by atoms with Gasteiger partial charge >= 0.3 is 0 Å². The summed E-state index contributed by atoms with van der Waals surface area (Å²) in [6, 6.07) is 0.785. The lowest BCUT2D eigenvalue weighted by atomic mass is 9.77. The predicted molar refractivity (Wildman–Crippen MR) is 76.8 cm³/mol. The van der Waals surface area contributed by atoms with Crippen LogP contribution in [0.3, 0.4) is 0 Å². The second-order valence-electron chi connectivity index (χ2n) is 7.01. The van der Waals surface area contributed by atoms with Gasteiger partial charge in [0.1, 0.15) is 0 Å². The Hall–Kier alpha value is -0.0800. The van der Waals surface area contributed by atoms with E-state index in [1.54, 1.807) is 0 Å². The van der Waals surface area contributed by atoms with E-state index < -0.39 is 0 Å². The van der Waals surface area contributed by atoms with Gasteiger partial charge in [-0.2, -0.15) is 0 Å². The molecule has 18 heavy (non-hydrogen) atoms. The van der Waals surface area contributed by atoms with Crippen LogP contribution in [0.25, 0.3) is 0 Å². The van der Waals surface area contributed by atoms with E-state index in [0.717, 1.165) is 23.9 Å². The first-order valence-corrected chi connectivity index (χ1v) is 8.27. The van der Waals surface area contributed by atoms with Crippen LogP contribution < -0.4 is 5.32 Å². The molecular weight excluding hydrogens is 220 g/mol. The molecule has 3 aliphatic rings. The van der Waals surface area contributed by atoms with Crippen LogP contribution in [0.15, 0.2) is 0 Å². The van der Waals surface area contributed by atoms with Gasteiger partial charge in [0.2, 0.25) is 0 Å². The molecular formula is C16H30N2. The van der Waals surface area contributed by atoms with E-state index >= 15 is 0 Å². The van der Waals surface area contributed by atoms with Crippen molar-refractivity contribution in [3.8, 4) is 0 Å². The van der Waals surface area contributed by atoms with E-state index in [2.05, 4.69) is 17.1 Å². The molecule has 2 aliphatic carbocycles. The van der Waals surface area contributed by atoms with Gasteiger partial charge in [0, 0.05) is 12.6 Å². The SMILES string of the molecule is CCNC(CN1CCC2(CCCC2)CC1)C1CC1. The molecule has 3 rings (SSSR count). The Labute approximate surface area is 113 Å². The molecule has 1 atom stereocenters. The van der Waals surface area contributed by atoms with E-state index in [4.69, 9.17) is 0 Å². The quantitative estimate of drug-likeness (QED) is 0.807. The lowest BCUT2D eigenvalue weighted by Gasteiger charge is -2.40. The van der Waals surface area contributed by atoms with Crippen LogP contribution in [0.2, 0.25) is 0 Å². The fraction of sp³-hybridized carbons (Fsp3) is 1.00. The zero-order valence-electron chi connectivity index (χ0n) is 12.1. The van der Waals surface area contributed by atoms with Gasteiger partial charge in [-0.05, 0) is 69.5 Å². The summed E-state index contributed by atoms with van der Waals surface area (Å²) in [6.07, 6.45) is 12.0. The van der Waals surface area contributed by atoms with E-state index in [0.29, 0.717) is 0 Å². The number of likely N-dealkylation sites (tertiary alicyclic amines) is 1. The van der Waals surface area contributed by atoms with E-state index in [1.807, 2.05) is 0 Å². The average molecular weight is 250 g/mol. The maximum Gasteiger partial charge on any atom is 0.0223 e. The van der Waals surface area contributed by atoms with Crippen LogP contribution >= 0.6 is 0 Å². The summed E-state index contributed by atoms with van der Waals surface area (Å²) in [5.74, 6) is 0.993. The first-order chi connectivity index (χ1) is 8.81. The van der Waals surface area contributed by atoms with Crippen molar-refractivity contribution in [2.45, 2.75) is 64.3 Å². The predicted octanol–water partition coefficient (Wildman–Crippen LogP) is 3.03. The largest absolute Gasteiger partial charge is 0.313 e. The Balaban J connectivity index is 1.46. The number of hydrogen-bond donors (Lipinski definition) is 1. The standard InChI is InChI=1S/C16H30N2/c1-2-17-15(14-5-6-14)13-18-11-9-16(10-12-18)7-3-4-8-16/h14-15,17H,2-13H2,1H3. The molecule has 2 nitrogen and oxygen atoms in total. The van der Waals surface area contributed by atoms with Crippen LogP contribution in [0, 0.1) is 11.3 Å². The number of nitrogens with zero attached hydrogens (tertiary/aromatic N) is 1. The molecule has 0 aromatic heterocycles. The van der Waals surface area contributed by atoms with E-state index in [-0.39, 0.29) is 0 Å². The first kappa shape index (κ1) is 12.9. The first-order valence-electron chi connectivity index (χ1n) is 8.27. The Morgan fingerprint density at radius 2 is 1.78 bits per heavy atom. The molecule has 1 spiro atoms. The molecule has 1 unspecified atom stereocenters. The fourth-order valence-corrected chi connectivity index (χ4v) is 4.25. The maximum absolute atomic E-state index is 3.71. The minimum absolute atomic E-state index is 0.782. The molecule has 3 fully saturated rings. The van der Waals surface area contributed by atoms with Gasteiger partial charge in [-0.3, -0.25) is 0 Å². The molecule has 2 heteroatoms. The number of hydrogen-bond acceptors (Lipinski definition) is 2. The van der Waals surface area contributed by atoms with Crippen molar-refractivity contribution >= 4 is 0 Å². The summed E-state index contributed by atoms with van der Waals surface area (Å²) in [5, 5.41) is 3.71. The van der Waals surface area contributed by atoms with E-state index in [1.165, 1.54) is 71.0 Å². The molecule has 0 aromatic carbocycles. The normalized spacial score (nSPS) is 29.8. The third-order valence-corrected chi connectivity index (χ3v) is 5.69. The minimum Gasteiger partial charge on any atom is -0.313 e. The van der Waals surface area contributed by atoms with E-state index in [9.17, 15) is 0 Å². The smallest absolute Gasteiger partial charge is 0.0223 e. The molecule has 0 amide bonds. The molecule has 1 N–H and O–H groups in total. The highest BCUT2D eigenvalue weighted by atomic mass is 15.2. The summed E-state index contributed by atoms with van der Waals surface area (Å²) in [6.45, 7) is 7.44. The molecule has 1 saturated heterocycles. The molecule has 104 valence electrons. The summed E-state index contributed by atoms with van der Waals surface area (Å²) < 4.78 is 0. The van der Waals surface area contributed by atoms with Gasteiger partial charge in [-0.15, -0.1) is 0 Å². The average Bonchev–Trinajstić information content (AvgIpc) is 3.14. The number of rotatable bonds is 5. The third kappa shape index (κ3) is 2.91. The third-order valence-electron chi connectivity index (χ3n) is 5.69. The summed E-state index contributed by atoms with van der Waals surface area (Å²) in [5.41, 5.74) is 0.782. The number of piperidine rings is 1. The fourth-order valence-electron chi connectivity index (χ4n) is 4.25. The minimum atomic E-state index is 0.782. The molecule has 2 saturated carbocycles. The number of nitrogens with one attached hydrogen (secondary N) is 1. The highest BCUT2D eigenvalue weighted by Gasteiger charge is 2.38. The van der Waals surface area contributed by atoms with Crippen molar-refractivity contribution in [2.75, 3.05) is 26.2 Å². The molecule has 0 radical (unpaired) electrons. The highest BCUT2D eigenvalue weighted by Crippen LogP contribution is 2.46. The highest BCUT2D eigenvalue weighted by molar-refractivity contribution is 4.93. The van der Waals surface area contributed by atoms with Crippen molar-refractivity contribution in [1.29, 1.82) is 0 Å². The Morgan fingerprint density at radius 1 is 1.11 bits per heavy atom. The van der Waals surface area contributed by atoms with Crippen LogP contribution in [-0.4, -0.2) is 37.1 Å². The topological polar surface area (TPSA) is 15.3 Å². The van der Waals surface area contributed by atoms with Crippen LogP contribution in [-0.2, 0) is 0 Å². The van der Waals surface area contributed by atoms with Gasteiger partial charge < -0.3 is 10.2 Å². The summed E-state index contributed by atoms with van der Waals surface area (Å²) in [7, 11) is 0. The van der Waals surface area contributed by atoms with Crippen LogP contribution in [0.1, 0.15) is 58.3 Å². The second-order valence-corrected chi connectivity index (χ2v) is 7.01. The molecule has 1 heterocycles. The number of likely N-dealkylation sites (N-methyl/N-ethyl adjacent to an activating group) is 1. The molecule has 0 aromatic rings. The summed E-state index contributed by atoms with van der Waals surface area (Å²) >= 11 is 0. The van der Waals surface area contributed by atoms with Crippen LogP contribution in [0.4, 0.5) is 0 Å². The van der Waals surface area contributed by atoms with Crippen molar-refractivity contribution in [1.82, 2.24) is 10.2 Å². The second kappa shape index (κ2) is 5.50. The van der Waals surface area contributed by atoms with Crippen molar-refractivity contribution < 1.29 is 0 Å². The van der Waals surface area contributed by atoms with Gasteiger partial charge in [0.15, 0.2) is 0 Å². The Kier molecular flexibility index (Phi) is 3.95. The molecule has 0 bridgehead atoms. The van der Waals surface area contributed by atoms with Gasteiger partial charge in [0.25, 0.3) is 0 Å². The van der Waals surface area contributed by atoms with Gasteiger partial charge in [0.05, 0.1) is 0 Å². The monoisotopic (exact) mass is 250 g/mol. The van der Waals surface area contributed by atoms with Crippen molar-refractivity contribution in [3.63, 3.8) is 0 Å². The zero-order valence-corrected chi connectivity index (χ0v) is 12.1. The summed E-state index contributed by atoms with van der Waals surface area (Å²) in [4.78, 5) is 2.75. The zero-order chi connectivity index (χ0) is 12.4. The Morgan fingerprint density at radius 3 is 2.33 bits per heavy atom. The lowest BCUT2D eigenvalue weighted by Crippen LogP contribution is -2.47. The van der Waals surface area contributed by atoms with Gasteiger partial charge in [-0.1, -0.05) is 19.8 Å². The Bertz CT molecular complexity index is 256. The lowest BCUT2D eigenvalue weighted by molar-refractivity contribution is 0.0982. The molecule has 1 aliphatic heterocycles. The van der Waals surface area contributed by atoms with Crippen molar-refractivity contribution in [3.05, 3.63) is 0 Å². The maximum atomic E-state index is 3.71. The van der Waals surface area contributed by atoms with Crippen LogP contribution in [0.5, 0.6) is 0 Å². The van der Waals surface area contributed by atoms with Crippen molar-refractivity contribution in [2.24, 2.45) is 11.3 Å².